The van der Waals surface area contributed by atoms with Gasteiger partial charge in [-0.1, -0.05) is 41.0 Å². The first-order valence-electron chi connectivity index (χ1n) is 9.60. The molecule has 5 nitrogen and oxygen atoms in total. The minimum absolute atomic E-state index is 0.351. The first kappa shape index (κ1) is 18.6. The van der Waals surface area contributed by atoms with E-state index in [0.29, 0.717) is 15.6 Å². The SMILES string of the molecule is Clc1cccc(Sc2cn3c(N4CCC5(CCCN5)CC4)nccc3n2)c1Cl. The number of benzene rings is 1. The summed E-state index contributed by atoms with van der Waals surface area (Å²) in [5.41, 5.74) is 1.24. The summed E-state index contributed by atoms with van der Waals surface area (Å²) in [7, 11) is 0. The number of halogens is 2. The van der Waals surface area contributed by atoms with Gasteiger partial charge < -0.3 is 10.2 Å². The van der Waals surface area contributed by atoms with Gasteiger partial charge in [-0.25, -0.2) is 9.97 Å². The maximum atomic E-state index is 6.34. The summed E-state index contributed by atoms with van der Waals surface area (Å²) < 4.78 is 2.08. The van der Waals surface area contributed by atoms with E-state index in [9.17, 15) is 0 Å². The van der Waals surface area contributed by atoms with E-state index in [4.69, 9.17) is 28.2 Å². The molecule has 2 aromatic heterocycles. The first-order valence-corrected chi connectivity index (χ1v) is 11.2. The summed E-state index contributed by atoms with van der Waals surface area (Å²) in [5, 5.41) is 5.73. The smallest absolute Gasteiger partial charge is 0.211 e. The number of piperidine rings is 1. The van der Waals surface area contributed by atoms with E-state index in [0.717, 1.165) is 41.2 Å². The number of aromatic nitrogens is 3. The van der Waals surface area contributed by atoms with E-state index in [1.165, 1.54) is 37.4 Å². The molecule has 0 saturated carbocycles. The lowest BCUT2D eigenvalue weighted by Crippen LogP contribution is -2.50. The Morgan fingerprint density at radius 2 is 1.96 bits per heavy atom. The van der Waals surface area contributed by atoms with E-state index in [-0.39, 0.29) is 0 Å². The van der Waals surface area contributed by atoms with E-state index in [1.54, 1.807) is 6.07 Å². The number of anilines is 1. The molecule has 8 heteroatoms. The molecule has 3 aromatic rings. The summed E-state index contributed by atoms with van der Waals surface area (Å²) in [4.78, 5) is 12.7. The second kappa shape index (κ2) is 7.41. The van der Waals surface area contributed by atoms with Gasteiger partial charge in [-0.05, 0) is 50.4 Å². The molecule has 1 spiro atoms. The van der Waals surface area contributed by atoms with Crippen molar-refractivity contribution in [2.75, 3.05) is 24.5 Å². The van der Waals surface area contributed by atoms with E-state index in [2.05, 4.69) is 19.6 Å². The van der Waals surface area contributed by atoms with Gasteiger partial charge in [0.05, 0.1) is 10.0 Å². The Labute approximate surface area is 178 Å². The van der Waals surface area contributed by atoms with Crippen LogP contribution in [0.2, 0.25) is 10.0 Å². The Bertz CT molecular complexity index is 1000. The summed E-state index contributed by atoms with van der Waals surface area (Å²) in [6.45, 7) is 3.18. The van der Waals surface area contributed by atoms with Gasteiger partial charge in [0, 0.05) is 35.9 Å². The Balaban J connectivity index is 1.41. The topological polar surface area (TPSA) is 45.5 Å². The maximum Gasteiger partial charge on any atom is 0.211 e. The minimum Gasteiger partial charge on any atom is -0.342 e. The maximum absolute atomic E-state index is 6.34. The zero-order chi connectivity index (χ0) is 19.1. The van der Waals surface area contributed by atoms with Crippen LogP contribution < -0.4 is 10.2 Å². The highest BCUT2D eigenvalue weighted by Gasteiger charge is 2.37. The summed E-state index contributed by atoms with van der Waals surface area (Å²) in [6, 6.07) is 7.60. The molecule has 0 radical (unpaired) electrons. The van der Waals surface area contributed by atoms with Gasteiger partial charge in [0.1, 0.15) is 10.7 Å². The normalized spacial score (nSPS) is 19.0. The Morgan fingerprint density at radius 1 is 1.11 bits per heavy atom. The predicted octanol–water partition coefficient (Wildman–Crippen LogP) is 4.91. The van der Waals surface area contributed by atoms with Crippen molar-refractivity contribution >= 4 is 46.6 Å². The number of nitrogens with zero attached hydrogens (tertiary/aromatic N) is 4. The highest BCUT2D eigenvalue weighted by Crippen LogP contribution is 2.37. The first-order chi connectivity index (χ1) is 13.6. The molecule has 2 fully saturated rings. The zero-order valence-corrected chi connectivity index (χ0v) is 17.7. The Morgan fingerprint density at radius 3 is 2.75 bits per heavy atom. The van der Waals surface area contributed by atoms with Crippen molar-refractivity contribution in [1.29, 1.82) is 0 Å². The molecule has 0 bridgehead atoms. The molecule has 0 unspecified atom stereocenters. The molecule has 2 saturated heterocycles. The molecule has 0 aliphatic carbocycles. The van der Waals surface area contributed by atoms with Crippen LogP contribution in [0.15, 0.2) is 46.6 Å². The van der Waals surface area contributed by atoms with Crippen LogP contribution >= 0.6 is 35.0 Å². The largest absolute Gasteiger partial charge is 0.342 e. The lowest BCUT2D eigenvalue weighted by Gasteiger charge is -2.40. The molecule has 1 N–H and O–H groups in total. The molecular formula is C20H21Cl2N5S. The van der Waals surface area contributed by atoms with Crippen molar-refractivity contribution in [2.24, 2.45) is 0 Å². The molecule has 4 heterocycles. The summed E-state index contributed by atoms with van der Waals surface area (Å²) in [5.74, 6) is 0.960. The third-order valence-corrected chi connectivity index (χ3v) is 7.70. The van der Waals surface area contributed by atoms with E-state index in [1.807, 2.05) is 30.6 Å². The van der Waals surface area contributed by atoms with Gasteiger partial charge in [-0.15, -0.1) is 0 Å². The van der Waals surface area contributed by atoms with E-state index < -0.39 is 0 Å². The van der Waals surface area contributed by atoms with Crippen LogP contribution in [0.3, 0.4) is 0 Å². The molecule has 146 valence electrons. The molecule has 2 aliphatic heterocycles. The quantitative estimate of drug-likeness (QED) is 0.635. The Hall–Kier alpha value is -1.47. The number of fused-ring (bicyclic) bond motifs is 1. The molecular weight excluding hydrogens is 413 g/mol. The molecule has 2 aliphatic rings. The fourth-order valence-corrected chi connectivity index (χ4v) is 5.61. The molecule has 5 rings (SSSR count). The average molecular weight is 434 g/mol. The molecule has 0 amide bonds. The van der Waals surface area contributed by atoms with Crippen LogP contribution in [-0.4, -0.2) is 39.5 Å². The lowest BCUT2D eigenvalue weighted by molar-refractivity contribution is 0.295. The van der Waals surface area contributed by atoms with Gasteiger partial charge in [-0.3, -0.25) is 4.40 Å². The van der Waals surface area contributed by atoms with Crippen molar-refractivity contribution in [3.05, 3.63) is 46.7 Å². The lowest BCUT2D eigenvalue weighted by atomic mass is 9.86. The highest BCUT2D eigenvalue weighted by molar-refractivity contribution is 7.99. The van der Waals surface area contributed by atoms with Gasteiger partial charge in [0.15, 0.2) is 0 Å². The third-order valence-electron chi connectivity index (χ3n) is 5.81. The van der Waals surface area contributed by atoms with Crippen molar-refractivity contribution in [2.45, 2.75) is 41.1 Å². The van der Waals surface area contributed by atoms with Gasteiger partial charge in [0.25, 0.3) is 0 Å². The van der Waals surface area contributed by atoms with E-state index >= 15 is 0 Å². The highest BCUT2D eigenvalue weighted by atomic mass is 35.5. The van der Waals surface area contributed by atoms with Crippen LogP contribution in [0, 0.1) is 0 Å². The van der Waals surface area contributed by atoms with Crippen molar-refractivity contribution in [3.8, 4) is 0 Å². The summed E-state index contributed by atoms with van der Waals surface area (Å²) >= 11 is 14.0. The van der Waals surface area contributed by atoms with Gasteiger partial charge >= 0.3 is 0 Å². The molecule has 1 aromatic carbocycles. The predicted molar refractivity (Wildman–Crippen MR) is 115 cm³/mol. The van der Waals surface area contributed by atoms with Crippen molar-refractivity contribution in [1.82, 2.24) is 19.7 Å². The monoisotopic (exact) mass is 433 g/mol. The average Bonchev–Trinajstić information content (AvgIpc) is 3.33. The van der Waals surface area contributed by atoms with Crippen LogP contribution in [0.25, 0.3) is 5.65 Å². The Kier molecular flexibility index (Phi) is 4.91. The fraction of sp³-hybridized carbons (Fsp3) is 0.400. The number of hydrogen-bond acceptors (Lipinski definition) is 5. The molecule has 28 heavy (non-hydrogen) atoms. The van der Waals surface area contributed by atoms with Crippen molar-refractivity contribution in [3.63, 3.8) is 0 Å². The van der Waals surface area contributed by atoms with Gasteiger partial charge in [-0.2, -0.15) is 0 Å². The molecule has 0 atom stereocenters. The zero-order valence-electron chi connectivity index (χ0n) is 15.4. The number of nitrogens with one attached hydrogen (secondary N) is 1. The number of hydrogen-bond donors (Lipinski definition) is 1. The van der Waals surface area contributed by atoms with Crippen LogP contribution in [-0.2, 0) is 0 Å². The van der Waals surface area contributed by atoms with Crippen LogP contribution in [0.5, 0.6) is 0 Å². The van der Waals surface area contributed by atoms with Crippen LogP contribution in [0.4, 0.5) is 5.95 Å². The second-order valence-electron chi connectivity index (χ2n) is 7.50. The van der Waals surface area contributed by atoms with Crippen LogP contribution in [0.1, 0.15) is 25.7 Å². The standard InChI is InChI=1S/C20H21Cl2N5S/c21-14-3-1-4-15(18(14)22)28-17-13-27-16(25-17)5-10-23-19(27)26-11-7-20(8-12-26)6-2-9-24-20/h1,3-5,10,13,24H,2,6-9,11-12H2. The fourth-order valence-electron chi connectivity index (χ4n) is 4.27. The number of rotatable bonds is 3. The number of imidazole rings is 1. The third kappa shape index (κ3) is 3.36. The minimum atomic E-state index is 0.351. The second-order valence-corrected chi connectivity index (χ2v) is 9.35. The van der Waals surface area contributed by atoms with Gasteiger partial charge in [0.2, 0.25) is 5.95 Å². The summed E-state index contributed by atoms with van der Waals surface area (Å²) in [6.07, 6.45) is 8.81. The van der Waals surface area contributed by atoms with Crippen molar-refractivity contribution < 1.29 is 0 Å².